The van der Waals surface area contributed by atoms with E-state index in [4.69, 9.17) is 10.6 Å². The van der Waals surface area contributed by atoms with Crippen LogP contribution in [0.3, 0.4) is 0 Å². The van der Waals surface area contributed by atoms with Gasteiger partial charge in [-0.05, 0) is 112 Å². The number of carbonyl (C=O) groups is 2. The minimum atomic E-state index is -0.379. The van der Waals surface area contributed by atoms with Crippen LogP contribution < -0.4 is 11.1 Å². The second-order valence-corrected chi connectivity index (χ2v) is 13.7. The van der Waals surface area contributed by atoms with Crippen molar-refractivity contribution < 1.29 is 14.4 Å². The van der Waals surface area contributed by atoms with E-state index in [1.165, 1.54) is 31.3 Å². The molecule has 0 aromatic rings. The van der Waals surface area contributed by atoms with Gasteiger partial charge in [-0.1, -0.05) is 31.5 Å². The average molecular weight is 527 g/mol. The zero-order valence-corrected chi connectivity index (χ0v) is 24.1. The first-order valence-electron chi connectivity index (χ1n) is 15.3. The number of rotatable bonds is 7. The quantitative estimate of drug-likeness (QED) is 0.267. The summed E-state index contributed by atoms with van der Waals surface area (Å²) >= 11 is 0. The van der Waals surface area contributed by atoms with Gasteiger partial charge < -0.3 is 16.0 Å². The van der Waals surface area contributed by atoms with Crippen molar-refractivity contribution in [2.75, 3.05) is 26.2 Å². The van der Waals surface area contributed by atoms with Crippen molar-refractivity contribution in [3.63, 3.8) is 0 Å². The largest absolute Gasteiger partial charge is 0.436 e. The summed E-state index contributed by atoms with van der Waals surface area (Å²) in [6, 6.07) is 0.455. The van der Waals surface area contributed by atoms with Gasteiger partial charge in [0.05, 0.1) is 5.71 Å². The minimum Gasteiger partial charge on any atom is -0.329 e. The van der Waals surface area contributed by atoms with Crippen molar-refractivity contribution in [3.05, 3.63) is 11.6 Å². The van der Waals surface area contributed by atoms with Gasteiger partial charge in [-0.3, -0.25) is 9.63 Å². The third kappa shape index (κ3) is 5.10. The lowest BCUT2D eigenvalue weighted by Crippen LogP contribution is -2.51. The topological polar surface area (TPSA) is 97.0 Å². The molecule has 212 valence electrons. The number of amides is 1. The maximum Gasteiger partial charge on any atom is 0.436 e. The Bertz CT molecular complexity index is 978. The van der Waals surface area contributed by atoms with E-state index in [1.54, 1.807) is 4.90 Å². The molecule has 0 bridgehead atoms. The molecule has 0 spiro atoms. The van der Waals surface area contributed by atoms with Crippen molar-refractivity contribution in [1.82, 2.24) is 10.2 Å². The Morgan fingerprint density at radius 1 is 1.16 bits per heavy atom. The number of nitrogens with two attached hydrogens (primary N) is 1. The third-order valence-electron chi connectivity index (χ3n) is 11.6. The fourth-order valence-electron chi connectivity index (χ4n) is 9.48. The molecule has 1 saturated heterocycles. The van der Waals surface area contributed by atoms with Crippen LogP contribution in [0.1, 0.15) is 91.9 Å². The van der Waals surface area contributed by atoms with Crippen LogP contribution in [-0.2, 0) is 9.63 Å². The molecule has 1 aliphatic heterocycles. The predicted molar refractivity (Wildman–Crippen MR) is 151 cm³/mol. The molecular formula is C31H50N4O3. The molecule has 38 heavy (non-hydrogen) atoms. The Balaban J connectivity index is 1.22. The van der Waals surface area contributed by atoms with E-state index in [0.29, 0.717) is 61.6 Å². The Labute approximate surface area is 229 Å². The summed E-state index contributed by atoms with van der Waals surface area (Å²) < 4.78 is 0. The highest BCUT2D eigenvalue weighted by atomic mass is 16.7. The number of nitrogens with one attached hydrogen (secondary N) is 1. The predicted octanol–water partition coefficient (Wildman–Crippen LogP) is 5.30. The number of nitrogens with zero attached hydrogens (tertiary/aromatic N) is 2. The zero-order valence-electron chi connectivity index (χ0n) is 24.1. The third-order valence-corrected chi connectivity index (χ3v) is 11.6. The Kier molecular flexibility index (Phi) is 8.08. The van der Waals surface area contributed by atoms with Gasteiger partial charge in [0.25, 0.3) is 0 Å². The molecule has 8 atom stereocenters. The SMILES string of the molecule is C/C(=N\OC(=O)N(CCN)CCC1CC(C)CN1)[C@H]1CC[C@H]2[C@@H]3CCC4=CC(=O)CC[C@]4(C)[C@H]3CC[C@]12C. The lowest BCUT2D eigenvalue weighted by atomic mass is 9.46. The molecule has 2 unspecified atom stereocenters. The molecule has 7 heteroatoms. The highest BCUT2D eigenvalue weighted by Crippen LogP contribution is 2.66. The molecule has 1 heterocycles. The Morgan fingerprint density at radius 2 is 1.97 bits per heavy atom. The number of carbonyl (C=O) groups excluding carboxylic acids is 2. The van der Waals surface area contributed by atoms with E-state index in [-0.39, 0.29) is 16.9 Å². The van der Waals surface area contributed by atoms with Crippen LogP contribution in [0.15, 0.2) is 16.8 Å². The van der Waals surface area contributed by atoms with Crippen molar-refractivity contribution >= 4 is 17.6 Å². The van der Waals surface area contributed by atoms with Crippen LogP contribution in [-0.4, -0.2) is 54.7 Å². The first-order chi connectivity index (χ1) is 18.2. The van der Waals surface area contributed by atoms with Crippen molar-refractivity contribution in [2.24, 2.45) is 51.3 Å². The maximum atomic E-state index is 13.0. The summed E-state index contributed by atoms with van der Waals surface area (Å²) in [7, 11) is 0. The summed E-state index contributed by atoms with van der Waals surface area (Å²) in [6.07, 6.45) is 12.5. The number of hydrogen-bond donors (Lipinski definition) is 2. The smallest absolute Gasteiger partial charge is 0.329 e. The summed E-state index contributed by atoms with van der Waals surface area (Å²) in [5, 5.41) is 8.00. The van der Waals surface area contributed by atoms with Gasteiger partial charge in [-0.25, -0.2) is 4.79 Å². The number of oxime groups is 1. The number of ketones is 1. The second kappa shape index (κ2) is 11.0. The molecule has 5 aliphatic rings. The normalized spacial score (nSPS) is 40.7. The molecule has 3 N–H and O–H groups in total. The fraction of sp³-hybridized carbons (Fsp3) is 0.839. The van der Waals surface area contributed by atoms with E-state index < -0.39 is 0 Å². The number of allylic oxidation sites excluding steroid dienone is 1. The lowest BCUT2D eigenvalue weighted by molar-refractivity contribution is -0.117. The molecule has 0 aromatic heterocycles. The van der Waals surface area contributed by atoms with Gasteiger partial charge in [0.2, 0.25) is 0 Å². The van der Waals surface area contributed by atoms with Gasteiger partial charge in [-0.2, -0.15) is 0 Å². The monoisotopic (exact) mass is 526 g/mol. The first kappa shape index (κ1) is 27.8. The van der Waals surface area contributed by atoms with Gasteiger partial charge in [0.15, 0.2) is 5.78 Å². The van der Waals surface area contributed by atoms with Gasteiger partial charge >= 0.3 is 6.09 Å². The second-order valence-electron chi connectivity index (χ2n) is 13.7. The molecule has 4 fully saturated rings. The highest BCUT2D eigenvalue weighted by molar-refractivity contribution is 5.91. The average Bonchev–Trinajstić information content (AvgIpc) is 3.47. The molecule has 1 amide bonds. The van der Waals surface area contributed by atoms with Crippen LogP contribution in [0.25, 0.3) is 0 Å². The van der Waals surface area contributed by atoms with Crippen LogP contribution >= 0.6 is 0 Å². The summed E-state index contributed by atoms with van der Waals surface area (Å²) in [4.78, 5) is 32.4. The van der Waals surface area contributed by atoms with Gasteiger partial charge in [-0.15, -0.1) is 0 Å². The number of fused-ring (bicyclic) bond motifs is 5. The molecule has 7 nitrogen and oxygen atoms in total. The van der Waals surface area contributed by atoms with E-state index >= 15 is 0 Å². The van der Waals surface area contributed by atoms with Gasteiger partial charge in [0, 0.05) is 38.0 Å². The van der Waals surface area contributed by atoms with Crippen molar-refractivity contribution in [3.8, 4) is 0 Å². The molecule has 5 rings (SSSR count). The summed E-state index contributed by atoms with van der Waals surface area (Å²) in [6.45, 7) is 11.8. The van der Waals surface area contributed by atoms with Crippen LogP contribution in [0, 0.1) is 40.4 Å². The van der Waals surface area contributed by atoms with E-state index in [2.05, 4.69) is 38.2 Å². The molecule has 0 radical (unpaired) electrons. The van der Waals surface area contributed by atoms with Crippen LogP contribution in [0.2, 0.25) is 0 Å². The van der Waals surface area contributed by atoms with Crippen LogP contribution in [0.4, 0.5) is 4.79 Å². The lowest BCUT2D eigenvalue weighted by Gasteiger charge is -2.58. The van der Waals surface area contributed by atoms with E-state index in [0.717, 1.165) is 50.3 Å². The zero-order chi connectivity index (χ0) is 27.1. The van der Waals surface area contributed by atoms with Crippen molar-refractivity contribution in [2.45, 2.75) is 97.9 Å². The highest BCUT2D eigenvalue weighted by Gasteiger charge is 2.59. The Morgan fingerprint density at radius 3 is 2.71 bits per heavy atom. The number of hydrogen-bond acceptors (Lipinski definition) is 6. The Hall–Kier alpha value is -1.73. The van der Waals surface area contributed by atoms with Crippen LogP contribution in [0.5, 0.6) is 0 Å². The fourth-order valence-corrected chi connectivity index (χ4v) is 9.48. The molecular weight excluding hydrogens is 476 g/mol. The summed E-state index contributed by atoms with van der Waals surface area (Å²) in [5.41, 5.74) is 8.60. The van der Waals surface area contributed by atoms with Crippen molar-refractivity contribution in [1.29, 1.82) is 0 Å². The molecule has 3 saturated carbocycles. The summed E-state index contributed by atoms with van der Waals surface area (Å²) in [5.74, 6) is 3.45. The van der Waals surface area contributed by atoms with Gasteiger partial charge in [0.1, 0.15) is 0 Å². The molecule has 0 aromatic carbocycles. The first-order valence-corrected chi connectivity index (χ1v) is 15.3. The van der Waals surface area contributed by atoms with E-state index in [1.807, 2.05) is 6.08 Å². The minimum absolute atomic E-state index is 0.199. The molecule has 4 aliphatic carbocycles. The maximum absolute atomic E-state index is 13.0. The standard InChI is InChI=1S/C31H50N4O3/c1-20-17-23(33-19-20)11-15-35(16-14-32)29(37)38-34-21(2)26-7-8-27-25-6-5-22-18-24(36)9-12-30(22,3)28(25)10-13-31(26,27)4/h18,20,23,25-28,33H,5-17,19,32H2,1-4H3/b34-21+/t20?,23?,25-,26+,27-,28-,30-,31+/m0/s1. The van der Waals surface area contributed by atoms with E-state index in [9.17, 15) is 9.59 Å².